The highest BCUT2D eigenvalue weighted by Gasteiger charge is 2.33. The van der Waals surface area contributed by atoms with E-state index >= 15 is 0 Å². The van der Waals surface area contributed by atoms with Gasteiger partial charge in [-0.2, -0.15) is 18.4 Å². The van der Waals surface area contributed by atoms with Crippen LogP contribution in [0.1, 0.15) is 52.7 Å². The van der Waals surface area contributed by atoms with Crippen molar-refractivity contribution in [2.75, 3.05) is 31.1 Å². The van der Waals surface area contributed by atoms with Gasteiger partial charge in [-0.25, -0.2) is 4.79 Å². The molecule has 0 N–H and O–H groups in total. The van der Waals surface area contributed by atoms with Crippen molar-refractivity contribution in [1.29, 1.82) is 5.26 Å². The van der Waals surface area contributed by atoms with Gasteiger partial charge >= 0.3 is 12.3 Å². The summed E-state index contributed by atoms with van der Waals surface area (Å²) in [4.78, 5) is 15.9. The monoisotopic (exact) mass is 452 g/mol. The molecule has 2 aromatic rings. The summed E-state index contributed by atoms with van der Waals surface area (Å²) >= 11 is 0. The van der Waals surface area contributed by atoms with Gasteiger partial charge in [-0.05, 0) is 39.8 Å². The molecule has 1 aliphatic heterocycles. The Morgan fingerprint density at radius 2 is 1.72 bits per heavy atom. The van der Waals surface area contributed by atoms with Crippen LogP contribution in [0.15, 0.2) is 18.2 Å². The Balaban J connectivity index is 0.00000176. The largest absolute Gasteiger partial charge is 0.444 e. The van der Waals surface area contributed by atoms with Gasteiger partial charge in [0.25, 0.3) is 0 Å². The molecule has 3 rings (SSSR count). The van der Waals surface area contributed by atoms with E-state index in [-0.39, 0.29) is 0 Å². The maximum Gasteiger partial charge on any atom is 0.416 e. The van der Waals surface area contributed by atoms with Crippen molar-refractivity contribution in [3.8, 4) is 6.07 Å². The third kappa shape index (κ3) is 5.29. The number of carbonyl (C=O) groups excluding carboxylic acids is 1. The van der Waals surface area contributed by atoms with Crippen LogP contribution in [0.25, 0.3) is 10.9 Å². The fourth-order valence-electron chi connectivity index (χ4n) is 3.70. The molecule has 176 valence electrons. The predicted octanol–water partition coefficient (Wildman–Crippen LogP) is 5.63. The Morgan fingerprint density at radius 1 is 1.12 bits per heavy atom. The Kier molecular flexibility index (Phi) is 7.70. The van der Waals surface area contributed by atoms with Gasteiger partial charge in [-0.15, -0.1) is 0 Å². The molecule has 0 bridgehead atoms. The maximum absolute atomic E-state index is 13.2. The van der Waals surface area contributed by atoms with Crippen LogP contribution in [-0.2, 0) is 17.5 Å². The number of halogens is 3. The van der Waals surface area contributed by atoms with Crippen molar-refractivity contribution >= 4 is 22.8 Å². The average molecular weight is 453 g/mol. The van der Waals surface area contributed by atoms with E-state index in [0.29, 0.717) is 55.0 Å². The highest BCUT2D eigenvalue weighted by atomic mass is 19.4. The molecule has 6 nitrogen and oxygen atoms in total. The molecule has 1 aliphatic rings. The van der Waals surface area contributed by atoms with E-state index in [4.69, 9.17) is 4.74 Å². The first-order valence-corrected chi connectivity index (χ1v) is 10.8. The molecular weight excluding hydrogens is 421 g/mol. The van der Waals surface area contributed by atoms with Crippen LogP contribution in [0.2, 0.25) is 0 Å². The highest BCUT2D eigenvalue weighted by Crippen LogP contribution is 2.37. The average Bonchev–Trinajstić information content (AvgIpc) is 3.06. The maximum atomic E-state index is 13.2. The highest BCUT2D eigenvalue weighted by molar-refractivity contribution is 5.93. The van der Waals surface area contributed by atoms with Crippen molar-refractivity contribution < 1.29 is 22.7 Å². The zero-order chi connectivity index (χ0) is 24.3. The smallest absolute Gasteiger partial charge is 0.416 e. The number of hydrogen-bond acceptors (Lipinski definition) is 4. The van der Waals surface area contributed by atoms with Gasteiger partial charge in [-0.1, -0.05) is 19.9 Å². The van der Waals surface area contributed by atoms with Crippen LogP contribution in [0.3, 0.4) is 0 Å². The first-order valence-electron chi connectivity index (χ1n) is 10.8. The van der Waals surface area contributed by atoms with E-state index in [1.54, 1.807) is 30.2 Å². The van der Waals surface area contributed by atoms with Gasteiger partial charge in [0.05, 0.1) is 11.1 Å². The van der Waals surface area contributed by atoms with Gasteiger partial charge in [0.2, 0.25) is 0 Å². The molecule has 0 saturated carbocycles. The fraction of sp³-hybridized carbons (Fsp3) is 0.565. The number of amides is 1. The molecule has 0 radical (unpaired) electrons. The number of nitrogens with zero attached hydrogens (tertiary/aromatic N) is 4. The Morgan fingerprint density at radius 3 is 2.19 bits per heavy atom. The minimum absolute atomic E-state index is 0.353. The van der Waals surface area contributed by atoms with Crippen LogP contribution in [-0.4, -0.2) is 47.3 Å². The quantitative estimate of drug-likeness (QED) is 0.592. The summed E-state index contributed by atoms with van der Waals surface area (Å²) in [5, 5.41) is 10.3. The standard InChI is InChI=1S/C21H25F3N4O2.C2H6/c1-5-28-17-12-14(21(22,23)24)6-7-15(17)16(13-25)18(28)26-8-10-27(11-9-26)19(29)30-20(2,3)4;1-2/h6-7,12H,5,8-11H2,1-4H3;1-2H3. The van der Waals surface area contributed by atoms with Crippen molar-refractivity contribution in [1.82, 2.24) is 9.47 Å². The molecule has 32 heavy (non-hydrogen) atoms. The molecule has 0 spiro atoms. The number of rotatable bonds is 2. The van der Waals surface area contributed by atoms with E-state index in [1.165, 1.54) is 6.07 Å². The molecule has 1 amide bonds. The fourth-order valence-corrected chi connectivity index (χ4v) is 3.70. The molecule has 1 aromatic heterocycles. The molecule has 0 unspecified atom stereocenters. The van der Waals surface area contributed by atoms with Gasteiger partial charge in [0.15, 0.2) is 0 Å². The number of benzene rings is 1. The third-order valence-electron chi connectivity index (χ3n) is 5.02. The minimum Gasteiger partial charge on any atom is -0.444 e. The number of hydrogen-bond donors (Lipinski definition) is 0. The van der Waals surface area contributed by atoms with Crippen molar-refractivity contribution in [2.45, 2.75) is 59.9 Å². The van der Waals surface area contributed by atoms with Crippen LogP contribution in [0, 0.1) is 11.3 Å². The summed E-state index contributed by atoms with van der Waals surface area (Å²) in [6, 6.07) is 5.63. The summed E-state index contributed by atoms with van der Waals surface area (Å²) < 4.78 is 46.7. The lowest BCUT2D eigenvalue weighted by Crippen LogP contribution is -2.50. The second-order valence-corrected chi connectivity index (χ2v) is 8.24. The molecule has 0 aliphatic carbocycles. The zero-order valence-electron chi connectivity index (χ0n) is 19.5. The van der Waals surface area contributed by atoms with Crippen LogP contribution in [0.4, 0.5) is 23.8 Å². The van der Waals surface area contributed by atoms with Crippen molar-refractivity contribution in [3.05, 3.63) is 29.3 Å². The Bertz CT molecular complexity index is 992. The van der Waals surface area contributed by atoms with Crippen LogP contribution in [0.5, 0.6) is 0 Å². The number of alkyl halides is 3. The molecule has 2 heterocycles. The minimum atomic E-state index is -4.46. The Labute approximate surface area is 187 Å². The summed E-state index contributed by atoms with van der Waals surface area (Å²) in [5.74, 6) is 0.596. The number of ether oxygens (including phenoxy) is 1. The number of nitriles is 1. The summed E-state index contributed by atoms with van der Waals surface area (Å²) in [5.41, 5.74) is -0.597. The summed E-state index contributed by atoms with van der Waals surface area (Å²) in [6.07, 6.45) is -4.85. The molecule has 1 aromatic carbocycles. The van der Waals surface area contributed by atoms with Crippen molar-refractivity contribution in [2.24, 2.45) is 0 Å². The molecule has 9 heteroatoms. The Hall–Kier alpha value is -2.89. The van der Waals surface area contributed by atoms with Gasteiger partial charge in [0, 0.05) is 38.1 Å². The van der Waals surface area contributed by atoms with Crippen molar-refractivity contribution in [3.63, 3.8) is 0 Å². The van der Waals surface area contributed by atoms with Gasteiger partial charge in [-0.3, -0.25) is 0 Å². The van der Waals surface area contributed by atoms with Gasteiger partial charge in [0.1, 0.15) is 23.1 Å². The molecular formula is C23H31F3N4O2. The predicted molar refractivity (Wildman–Crippen MR) is 119 cm³/mol. The van der Waals surface area contributed by atoms with E-state index < -0.39 is 23.4 Å². The lowest BCUT2D eigenvalue weighted by Gasteiger charge is -2.37. The van der Waals surface area contributed by atoms with E-state index in [1.807, 2.05) is 25.7 Å². The normalized spacial score (nSPS) is 14.6. The summed E-state index contributed by atoms with van der Waals surface area (Å²) in [7, 11) is 0. The second-order valence-electron chi connectivity index (χ2n) is 8.24. The topological polar surface area (TPSA) is 61.5 Å². The number of aromatic nitrogens is 1. The van der Waals surface area contributed by atoms with Gasteiger partial charge < -0.3 is 19.1 Å². The SMILES string of the molecule is CC.CCn1c(N2CCN(C(=O)OC(C)(C)C)CC2)c(C#N)c2ccc(C(F)(F)F)cc21. The number of piperazine rings is 1. The number of aryl methyl sites for hydroxylation is 1. The number of fused-ring (bicyclic) bond motifs is 1. The zero-order valence-corrected chi connectivity index (χ0v) is 19.5. The van der Waals surface area contributed by atoms with Crippen LogP contribution < -0.4 is 4.90 Å². The van der Waals surface area contributed by atoms with E-state index in [0.717, 1.165) is 12.1 Å². The molecule has 1 saturated heterocycles. The van der Waals surface area contributed by atoms with Crippen LogP contribution >= 0.6 is 0 Å². The number of carbonyl (C=O) groups is 1. The third-order valence-corrected chi connectivity index (χ3v) is 5.02. The molecule has 1 fully saturated rings. The first kappa shape index (κ1) is 25.4. The molecule has 0 atom stereocenters. The second kappa shape index (κ2) is 9.72. The first-order chi connectivity index (χ1) is 15.0. The lowest BCUT2D eigenvalue weighted by molar-refractivity contribution is -0.137. The lowest BCUT2D eigenvalue weighted by atomic mass is 10.1. The summed E-state index contributed by atoms with van der Waals surface area (Å²) in [6.45, 7) is 13.4. The number of anilines is 1. The van der Waals surface area contributed by atoms with E-state index in [2.05, 4.69) is 6.07 Å². The van der Waals surface area contributed by atoms with E-state index in [9.17, 15) is 23.2 Å².